The van der Waals surface area contributed by atoms with Crippen LogP contribution in [0.1, 0.15) is 12.8 Å². The van der Waals surface area contributed by atoms with Gasteiger partial charge in [0, 0.05) is 0 Å². The van der Waals surface area contributed by atoms with Crippen molar-refractivity contribution in [2.45, 2.75) is 23.9 Å². The summed E-state index contributed by atoms with van der Waals surface area (Å²) >= 11 is 1.33. The zero-order chi connectivity index (χ0) is 6.20. The van der Waals surface area contributed by atoms with Crippen molar-refractivity contribution in [1.29, 1.82) is 0 Å². The van der Waals surface area contributed by atoms with Crippen molar-refractivity contribution >= 4 is 11.8 Å². The van der Waals surface area contributed by atoms with Crippen LogP contribution in [0.25, 0.3) is 0 Å². The maximum Gasteiger partial charge on any atom is 0.136 e. The minimum Gasteiger partial charge on any atom is -0.389 e. The maximum absolute atomic E-state index is 9.20. The van der Waals surface area contributed by atoms with E-state index in [0.717, 1.165) is 12.8 Å². The number of aliphatic hydroxyl groups is 2. The van der Waals surface area contributed by atoms with Crippen molar-refractivity contribution in [3.63, 3.8) is 0 Å². The molecule has 0 aliphatic heterocycles. The summed E-state index contributed by atoms with van der Waals surface area (Å²) < 4.78 is 0. The van der Waals surface area contributed by atoms with Crippen LogP contribution in [0.5, 0.6) is 0 Å². The van der Waals surface area contributed by atoms with E-state index in [-0.39, 0.29) is 0 Å². The van der Waals surface area contributed by atoms with Crippen molar-refractivity contribution in [3.05, 3.63) is 0 Å². The quantitative estimate of drug-likeness (QED) is 0.503. The second-order valence-electron chi connectivity index (χ2n) is 2.10. The van der Waals surface area contributed by atoms with Gasteiger partial charge in [-0.15, -0.1) is 11.8 Å². The van der Waals surface area contributed by atoms with E-state index in [9.17, 15) is 5.11 Å². The second kappa shape index (κ2) is 1.90. The number of thioether (sulfide) groups is 1. The molecule has 1 saturated carbocycles. The molecule has 0 unspecified atom stereocenters. The predicted molar refractivity (Wildman–Crippen MR) is 33.7 cm³/mol. The molecule has 0 amide bonds. The van der Waals surface area contributed by atoms with Crippen molar-refractivity contribution in [1.82, 2.24) is 0 Å². The Hall–Kier alpha value is 0.270. The van der Waals surface area contributed by atoms with Gasteiger partial charge in [-0.05, 0) is 19.1 Å². The van der Waals surface area contributed by atoms with Gasteiger partial charge in [0.1, 0.15) is 4.93 Å². The van der Waals surface area contributed by atoms with Crippen molar-refractivity contribution in [3.8, 4) is 0 Å². The molecule has 1 fully saturated rings. The summed E-state index contributed by atoms with van der Waals surface area (Å²) in [5, 5.41) is 18.1. The molecule has 0 saturated heterocycles. The average Bonchev–Trinajstić information content (AvgIpc) is 1.83. The highest BCUT2D eigenvalue weighted by molar-refractivity contribution is 7.99. The highest BCUT2D eigenvalue weighted by atomic mass is 32.2. The topological polar surface area (TPSA) is 40.5 Å². The lowest BCUT2D eigenvalue weighted by Gasteiger charge is -2.40. The number of hydrogen-bond acceptors (Lipinski definition) is 3. The largest absolute Gasteiger partial charge is 0.389 e. The van der Waals surface area contributed by atoms with Gasteiger partial charge in [0.2, 0.25) is 0 Å². The summed E-state index contributed by atoms with van der Waals surface area (Å²) in [5.74, 6) is 0. The van der Waals surface area contributed by atoms with Crippen LogP contribution in [0.15, 0.2) is 0 Å². The molecule has 0 heterocycles. The standard InChI is InChI=1S/C5H10O2S/c1-8-5(7)3-2-4(5)6/h4,6-7H,2-3H2,1H3/t4-,5-/m1/s1. The number of rotatable bonds is 1. The molecular weight excluding hydrogens is 124 g/mol. The van der Waals surface area contributed by atoms with Crippen molar-refractivity contribution in [2.24, 2.45) is 0 Å². The van der Waals surface area contributed by atoms with Crippen molar-refractivity contribution < 1.29 is 10.2 Å². The zero-order valence-electron chi connectivity index (χ0n) is 4.79. The fourth-order valence-electron chi connectivity index (χ4n) is 0.758. The molecule has 1 aliphatic carbocycles. The van der Waals surface area contributed by atoms with Crippen LogP contribution in [0.2, 0.25) is 0 Å². The van der Waals surface area contributed by atoms with Gasteiger partial charge in [0.25, 0.3) is 0 Å². The summed E-state index contributed by atoms with van der Waals surface area (Å²) in [4.78, 5) is -0.806. The third-order valence-electron chi connectivity index (χ3n) is 1.65. The molecule has 8 heavy (non-hydrogen) atoms. The average molecular weight is 134 g/mol. The molecule has 0 radical (unpaired) electrons. The van der Waals surface area contributed by atoms with Crippen LogP contribution in [0, 0.1) is 0 Å². The molecule has 2 N–H and O–H groups in total. The first-order valence-corrected chi connectivity index (χ1v) is 3.87. The lowest BCUT2D eigenvalue weighted by molar-refractivity contribution is -0.0781. The highest BCUT2D eigenvalue weighted by Crippen LogP contribution is 2.39. The summed E-state index contributed by atoms with van der Waals surface area (Å²) in [6.45, 7) is 0. The number of aliphatic hydroxyl groups excluding tert-OH is 1. The molecular formula is C5H10O2S. The molecule has 1 aliphatic rings. The zero-order valence-corrected chi connectivity index (χ0v) is 5.61. The minimum absolute atomic E-state index is 0.488. The first-order valence-electron chi connectivity index (χ1n) is 2.64. The van der Waals surface area contributed by atoms with E-state index in [1.54, 1.807) is 0 Å². The van der Waals surface area contributed by atoms with Crippen LogP contribution < -0.4 is 0 Å². The van der Waals surface area contributed by atoms with E-state index in [1.807, 2.05) is 6.26 Å². The fraction of sp³-hybridized carbons (Fsp3) is 1.00. The Bertz CT molecular complexity index is 92.4. The molecule has 0 aromatic rings. The Labute approximate surface area is 52.9 Å². The second-order valence-corrected chi connectivity index (χ2v) is 3.22. The van der Waals surface area contributed by atoms with Gasteiger partial charge in [-0.1, -0.05) is 0 Å². The molecule has 2 atom stereocenters. The monoisotopic (exact) mass is 134 g/mol. The Balaban J connectivity index is 2.42. The van der Waals surface area contributed by atoms with Crippen molar-refractivity contribution in [2.75, 3.05) is 6.26 Å². The summed E-state index contributed by atoms with van der Waals surface area (Å²) in [6.07, 6.45) is 2.80. The Morgan fingerprint density at radius 3 is 2.38 bits per heavy atom. The van der Waals surface area contributed by atoms with Gasteiger partial charge in [0.15, 0.2) is 0 Å². The van der Waals surface area contributed by atoms with Crippen LogP contribution in [0.3, 0.4) is 0 Å². The van der Waals surface area contributed by atoms with E-state index < -0.39 is 11.0 Å². The Morgan fingerprint density at radius 2 is 2.38 bits per heavy atom. The minimum atomic E-state index is -0.806. The molecule has 3 heteroatoms. The third-order valence-corrected chi connectivity index (χ3v) is 2.83. The van der Waals surface area contributed by atoms with Crippen LogP contribution >= 0.6 is 11.8 Å². The molecule has 48 valence electrons. The highest BCUT2D eigenvalue weighted by Gasteiger charge is 2.43. The lowest BCUT2D eigenvalue weighted by atomic mass is 9.91. The smallest absolute Gasteiger partial charge is 0.136 e. The summed E-state index contributed by atoms with van der Waals surface area (Å²) in [7, 11) is 0. The molecule has 0 spiro atoms. The van der Waals surface area contributed by atoms with Gasteiger partial charge in [-0.2, -0.15) is 0 Å². The van der Waals surface area contributed by atoms with Gasteiger partial charge in [-0.3, -0.25) is 0 Å². The first kappa shape index (κ1) is 6.39. The van der Waals surface area contributed by atoms with Gasteiger partial charge in [0.05, 0.1) is 6.10 Å². The van der Waals surface area contributed by atoms with Crippen LogP contribution in [-0.2, 0) is 0 Å². The molecule has 2 nitrogen and oxygen atoms in total. The molecule has 0 aromatic heterocycles. The molecule has 0 bridgehead atoms. The van der Waals surface area contributed by atoms with Gasteiger partial charge < -0.3 is 10.2 Å². The van der Waals surface area contributed by atoms with Crippen LogP contribution in [-0.4, -0.2) is 27.5 Å². The maximum atomic E-state index is 9.20. The van der Waals surface area contributed by atoms with E-state index in [1.165, 1.54) is 11.8 Å². The summed E-state index contributed by atoms with van der Waals surface area (Å²) in [6, 6.07) is 0. The third kappa shape index (κ3) is 0.747. The fourth-order valence-corrected chi connectivity index (χ4v) is 1.47. The Morgan fingerprint density at radius 1 is 1.75 bits per heavy atom. The van der Waals surface area contributed by atoms with Gasteiger partial charge >= 0.3 is 0 Å². The lowest BCUT2D eigenvalue weighted by Crippen LogP contribution is -2.48. The normalized spacial score (nSPS) is 46.1. The van der Waals surface area contributed by atoms with E-state index in [4.69, 9.17) is 5.11 Å². The molecule has 0 aromatic carbocycles. The van der Waals surface area contributed by atoms with E-state index in [0.29, 0.717) is 0 Å². The molecule has 1 rings (SSSR count). The Kier molecular flexibility index (Phi) is 1.52. The first-order chi connectivity index (χ1) is 3.69. The van der Waals surface area contributed by atoms with E-state index >= 15 is 0 Å². The predicted octanol–water partition coefficient (Wildman–Crippen LogP) is 0.193. The van der Waals surface area contributed by atoms with E-state index in [2.05, 4.69) is 0 Å². The van der Waals surface area contributed by atoms with Gasteiger partial charge in [-0.25, -0.2) is 0 Å². The van der Waals surface area contributed by atoms with Crippen LogP contribution in [0.4, 0.5) is 0 Å². The summed E-state index contributed by atoms with van der Waals surface area (Å²) in [5.41, 5.74) is 0. The number of hydrogen-bond donors (Lipinski definition) is 2. The SMILES string of the molecule is CS[C@]1(O)CC[C@H]1O.